The first-order valence-electron chi connectivity index (χ1n) is 16.8. The molecule has 2 aromatic carbocycles. The number of likely N-dealkylation sites (tertiary alicyclic amines) is 2. The van der Waals surface area contributed by atoms with Crippen molar-refractivity contribution in [3.05, 3.63) is 88.1 Å². The molecule has 3 aliphatic rings. The van der Waals surface area contributed by atoms with Crippen LogP contribution in [0.25, 0.3) is 11.0 Å². The van der Waals surface area contributed by atoms with Crippen molar-refractivity contribution in [1.82, 2.24) is 29.7 Å². The van der Waals surface area contributed by atoms with Crippen molar-refractivity contribution in [3.63, 3.8) is 0 Å². The molecular formula is C36H40ClFN6O4. The van der Waals surface area contributed by atoms with Crippen LogP contribution >= 0.6 is 11.6 Å². The van der Waals surface area contributed by atoms with E-state index in [2.05, 4.69) is 14.8 Å². The number of piperidine rings is 1. The summed E-state index contributed by atoms with van der Waals surface area (Å²) < 4.78 is 28.0. The molecule has 10 nitrogen and oxygen atoms in total. The first kappa shape index (κ1) is 32.5. The van der Waals surface area contributed by atoms with Gasteiger partial charge in [0.05, 0.1) is 36.8 Å². The van der Waals surface area contributed by atoms with Crippen molar-refractivity contribution in [2.75, 3.05) is 39.3 Å². The normalized spacial score (nSPS) is 18.6. The fourth-order valence-electron chi connectivity index (χ4n) is 6.73. The van der Waals surface area contributed by atoms with Crippen molar-refractivity contribution in [2.45, 2.75) is 63.8 Å². The lowest BCUT2D eigenvalue weighted by molar-refractivity contribution is -0.129. The van der Waals surface area contributed by atoms with Gasteiger partial charge in [0.1, 0.15) is 18.2 Å². The molecule has 0 radical (unpaired) electrons. The summed E-state index contributed by atoms with van der Waals surface area (Å²) in [7, 11) is 0. The zero-order valence-electron chi connectivity index (χ0n) is 26.9. The van der Waals surface area contributed by atoms with Gasteiger partial charge < -0.3 is 24.3 Å². The van der Waals surface area contributed by atoms with E-state index in [1.807, 2.05) is 30.3 Å². The number of hydrogen-bond donors (Lipinski definition) is 1. The summed E-state index contributed by atoms with van der Waals surface area (Å²) in [6.07, 6.45) is 5.08. The molecule has 1 N–H and O–H groups in total. The molecule has 0 unspecified atom stereocenters. The van der Waals surface area contributed by atoms with Crippen LogP contribution in [-0.4, -0.2) is 81.6 Å². The van der Waals surface area contributed by atoms with Crippen LogP contribution in [0.3, 0.4) is 0 Å². The fraction of sp³-hybridized carbons (Fsp3) is 0.444. The maximum Gasteiger partial charge on any atom is 0.251 e. The Kier molecular flexibility index (Phi) is 9.88. The highest BCUT2D eigenvalue weighted by Crippen LogP contribution is 2.30. The van der Waals surface area contributed by atoms with Crippen LogP contribution in [0.2, 0.25) is 5.02 Å². The van der Waals surface area contributed by atoms with E-state index in [-0.39, 0.29) is 37.0 Å². The summed E-state index contributed by atoms with van der Waals surface area (Å²) in [5, 5.41) is 3.14. The van der Waals surface area contributed by atoms with E-state index in [0.29, 0.717) is 28.6 Å². The van der Waals surface area contributed by atoms with Gasteiger partial charge in [0.15, 0.2) is 0 Å². The molecule has 3 aliphatic heterocycles. The van der Waals surface area contributed by atoms with Crippen LogP contribution in [0.1, 0.15) is 65.5 Å². The van der Waals surface area contributed by atoms with Gasteiger partial charge in [-0.3, -0.25) is 14.5 Å². The van der Waals surface area contributed by atoms with Gasteiger partial charge >= 0.3 is 0 Å². The molecule has 5 heterocycles. The van der Waals surface area contributed by atoms with E-state index in [0.717, 1.165) is 94.0 Å². The number of aromatic nitrogens is 3. The number of carbonyl (C=O) groups is 2. The molecule has 1 atom stereocenters. The third-order valence-corrected chi connectivity index (χ3v) is 9.87. The Balaban J connectivity index is 0.986. The molecule has 0 bridgehead atoms. The lowest BCUT2D eigenvalue weighted by Crippen LogP contribution is -2.38. The lowest BCUT2D eigenvalue weighted by atomic mass is 9.93. The zero-order valence-corrected chi connectivity index (χ0v) is 27.6. The summed E-state index contributed by atoms with van der Waals surface area (Å²) in [6, 6.07) is 15.9. The van der Waals surface area contributed by atoms with E-state index in [4.69, 9.17) is 31.0 Å². The molecule has 12 heteroatoms. The van der Waals surface area contributed by atoms with Gasteiger partial charge in [-0.1, -0.05) is 23.7 Å². The third kappa shape index (κ3) is 7.48. The van der Waals surface area contributed by atoms with Gasteiger partial charge in [0.25, 0.3) is 5.91 Å². The average molecular weight is 675 g/mol. The highest BCUT2D eigenvalue weighted by atomic mass is 35.5. The molecule has 0 aliphatic carbocycles. The quantitative estimate of drug-likeness (QED) is 0.230. The Morgan fingerprint density at radius 2 is 1.81 bits per heavy atom. The van der Waals surface area contributed by atoms with Crippen LogP contribution in [0.15, 0.2) is 54.6 Å². The van der Waals surface area contributed by atoms with Crippen LogP contribution in [0.5, 0.6) is 5.88 Å². The van der Waals surface area contributed by atoms with Crippen LogP contribution < -0.4 is 10.1 Å². The van der Waals surface area contributed by atoms with Crippen molar-refractivity contribution >= 4 is 34.4 Å². The second kappa shape index (κ2) is 14.6. The number of imidazole rings is 1. The molecule has 0 saturated carbocycles. The van der Waals surface area contributed by atoms with Crippen molar-refractivity contribution < 1.29 is 23.5 Å². The second-order valence-corrected chi connectivity index (χ2v) is 13.3. The lowest BCUT2D eigenvalue weighted by Gasteiger charge is -2.32. The Bertz CT molecular complexity index is 1780. The van der Waals surface area contributed by atoms with Gasteiger partial charge in [0.2, 0.25) is 11.8 Å². The van der Waals surface area contributed by atoms with E-state index < -0.39 is 5.82 Å². The van der Waals surface area contributed by atoms with Gasteiger partial charge in [-0.15, -0.1) is 0 Å². The number of nitrogens with zero attached hydrogens (tertiary/aromatic N) is 5. The van der Waals surface area contributed by atoms with Gasteiger partial charge in [-0.2, -0.15) is 0 Å². The first-order valence-corrected chi connectivity index (χ1v) is 17.2. The highest BCUT2D eigenvalue weighted by molar-refractivity contribution is 6.30. The highest BCUT2D eigenvalue weighted by Gasteiger charge is 2.26. The molecule has 3 saturated heterocycles. The Labute approximate surface area is 284 Å². The minimum atomic E-state index is -0.397. The number of pyridine rings is 1. The van der Waals surface area contributed by atoms with Crippen LogP contribution in [0.4, 0.5) is 4.39 Å². The van der Waals surface area contributed by atoms with Crippen LogP contribution in [-0.2, 0) is 29.2 Å². The number of nitrogens with one attached hydrogen (secondary N) is 1. The number of rotatable bonds is 11. The predicted molar refractivity (Wildman–Crippen MR) is 179 cm³/mol. The number of carbonyl (C=O) groups excluding carboxylic acids is 2. The zero-order chi connectivity index (χ0) is 33.0. The van der Waals surface area contributed by atoms with Gasteiger partial charge in [-0.05, 0) is 81.6 Å². The van der Waals surface area contributed by atoms with E-state index in [1.54, 1.807) is 23.1 Å². The third-order valence-electron chi connectivity index (χ3n) is 9.63. The Hall–Kier alpha value is -4.06. The predicted octanol–water partition coefficient (Wildman–Crippen LogP) is 5.32. The average Bonchev–Trinajstić information content (AvgIpc) is 3.73. The Morgan fingerprint density at radius 3 is 2.56 bits per heavy atom. The fourth-order valence-corrected chi connectivity index (χ4v) is 6.89. The molecular weight excluding hydrogens is 635 g/mol. The number of amides is 2. The first-order chi connectivity index (χ1) is 23.4. The summed E-state index contributed by atoms with van der Waals surface area (Å²) in [5.74, 6) is 1.00. The molecule has 7 rings (SSSR count). The van der Waals surface area contributed by atoms with Crippen molar-refractivity contribution in [3.8, 4) is 5.88 Å². The van der Waals surface area contributed by atoms with E-state index in [1.165, 1.54) is 6.07 Å². The molecule has 0 spiro atoms. The summed E-state index contributed by atoms with van der Waals surface area (Å²) in [5.41, 5.74) is 3.63. The summed E-state index contributed by atoms with van der Waals surface area (Å²) >= 11 is 5.87. The molecule has 3 fully saturated rings. The molecule has 2 aromatic heterocycles. The van der Waals surface area contributed by atoms with E-state index in [9.17, 15) is 14.0 Å². The number of halogens is 2. The molecule has 2 amide bonds. The van der Waals surface area contributed by atoms with E-state index >= 15 is 0 Å². The number of ether oxygens (including phenoxy) is 2. The maximum atomic E-state index is 14.2. The minimum absolute atomic E-state index is 0.00175. The smallest absolute Gasteiger partial charge is 0.251 e. The molecule has 48 heavy (non-hydrogen) atoms. The second-order valence-electron chi connectivity index (χ2n) is 12.9. The van der Waals surface area contributed by atoms with Gasteiger partial charge in [0, 0.05) is 53.5 Å². The minimum Gasteiger partial charge on any atom is -0.473 e. The topological polar surface area (TPSA) is 102 Å². The van der Waals surface area contributed by atoms with Gasteiger partial charge in [-0.25, -0.2) is 14.4 Å². The Morgan fingerprint density at radius 1 is 1.00 bits per heavy atom. The molecule has 4 aromatic rings. The number of benzene rings is 2. The summed E-state index contributed by atoms with van der Waals surface area (Å²) in [6.45, 7) is 5.55. The molecule has 252 valence electrons. The van der Waals surface area contributed by atoms with Crippen molar-refractivity contribution in [2.24, 2.45) is 0 Å². The number of hydrogen-bond acceptors (Lipinski definition) is 7. The largest absolute Gasteiger partial charge is 0.473 e. The summed E-state index contributed by atoms with van der Waals surface area (Å²) in [4.78, 5) is 39.4. The standard InChI is InChI=1S/C36H40ClFN6O4/c37-27-8-6-26(29(38)19-27)23-48-34-5-3-4-30(41-34)24-10-15-42(16-11-24)22-33-40-31-18-25(7-9-32(31)44(33)21-28-12-17-47-28)36(46)39-20-35(45)43-13-1-2-14-43/h3-9,18-19,24,28H,1-2,10-17,20-23H2,(H,39,46)/t28-/m0/s1. The van der Waals surface area contributed by atoms with Crippen LogP contribution in [0, 0.1) is 5.82 Å². The monoisotopic (exact) mass is 674 g/mol. The number of fused-ring (bicyclic) bond motifs is 1. The van der Waals surface area contributed by atoms with Crippen molar-refractivity contribution in [1.29, 1.82) is 0 Å². The SMILES string of the molecule is O=C(NCC(=O)N1CCCC1)c1ccc2c(c1)nc(CN1CCC(c3cccc(OCc4ccc(Cl)cc4F)n3)CC1)n2C[C@@H]1CCO1. The maximum absolute atomic E-state index is 14.2.